The van der Waals surface area contributed by atoms with Gasteiger partial charge in [-0.2, -0.15) is 0 Å². The summed E-state index contributed by atoms with van der Waals surface area (Å²) in [5, 5.41) is 0. The van der Waals surface area contributed by atoms with Crippen LogP contribution in [-0.2, 0) is 9.53 Å². The number of nitrogens with zero attached hydrogens (tertiary/aromatic N) is 2. The van der Waals surface area contributed by atoms with Crippen LogP contribution in [0, 0.1) is 12.8 Å². The average molecular weight is 276 g/mol. The summed E-state index contributed by atoms with van der Waals surface area (Å²) >= 11 is 0. The molecule has 0 bridgehead atoms. The van der Waals surface area contributed by atoms with Crippen LogP contribution in [0.1, 0.15) is 35.9 Å². The van der Waals surface area contributed by atoms with Gasteiger partial charge in [-0.1, -0.05) is 6.07 Å². The van der Waals surface area contributed by atoms with E-state index >= 15 is 0 Å². The third-order valence-corrected chi connectivity index (χ3v) is 3.51. The van der Waals surface area contributed by atoms with Gasteiger partial charge in [0, 0.05) is 18.8 Å². The van der Waals surface area contributed by atoms with Gasteiger partial charge in [-0.05, 0) is 38.8 Å². The maximum atomic E-state index is 12.3. The first kappa shape index (κ1) is 14.5. The van der Waals surface area contributed by atoms with Crippen LogP contribution in [0.5, 0.6) is 0 Å². The second-order valence-corrected chi connectivity index (χ2v) is 4.98. The fourth-order valence-corrected chi connectivity index (χ4v) is 2.40. The highest BCUT2D eigenvalue weighted by Crippen LogP contribution is 2.20. The van der Waals surface area contributed by atoms with Crippen LogP contribution < -0.4 is 0 Å². The van der Waals surface area contributed by atoms with Crippen molar-refractivity contribution in [2.24, 2.45) is 5.92 Å². The lowest BCUT2D eigenvalue weighted by atomic mass is 9.97. The molecule has 1 amide bonds. The molecule has 20 heavy (non-hydrogen) atoms. The molecular weight excluding hydrogens is 256 g/mol. The van der Waals surface area contributed by atoms with Gasteiger partial charge in [-0.25, -0.2) is 4.98 Å². The summed E-state index contributed by atoms with van der Waals surface area (Å²) in [5.74, 6) is -0.284. The van der Waals surface area contributed by atoms with Crippen molar-refractivity contribution in [2.45, 2.75) is 26.7 Å². The molecule has 0 spiro atoms. The Morgan fingerprint density at radius 1 is 1.35 bits per heavy atom. The summed E-state index contributed by atoms with van der Waals surface area (Å²) in [6.45, 7) is 5.24. The van der Waals surface area contributed by atoms with Gasteiger partial charge >= 0.3 is 5.97 Å². The number of ether oxygens (including phenoxy) is 1. The molecule has 0 saturated carbocycles. The fourth-order valence-electron chi connectivity index (χ4n) is 2.40. The molecule has 5 nitrogen and oxygen atoms in total. The molecule has 1 saturated heterocycles. The number of piperidine rings is 1. The van der Waals surface area contributed by atoms with Gasteiger partial charge in [0.05, 0.1) is 12.5 Å². The van der Waals surface area contributed by atoms with Crippen LogP contribution in [0.15, 0.2) is 18.2 Å². The molecule has 0 radical (unpaired) electrons. The number of pyridine rings is 1. The lowest BCUT2D eigenvalue weighted by molar-refractivity contribution is -0.149. The molecule has 1 aliphatic rings. The number of carbonyl (C=O) groups excluding carboxylic acids is 2. The Morgan fingerprint density at radius 2 is 2.05 bits per heavy atom. The zero-order valence-corrected chi connectivity index (χ0v) is 12.0. The molecule has 0 aliphatic carbocycles. The number of carbonyl (C=O) groups is 2. The lowest BCUT2D eigenvalue weighted by Gasteiger charge is -2.30. The van der Waals surface area contributed by atoms with E-state index in [-0.39, 0.29) is 17.8 Å². The predicted octanol–water partition coefficient (Wildman–Crippen LogP) is 1.81. The van der Waals surface area contributed by atoms with Crippen LogP contribution in [0.4, 0.5) is 0 Å². The molecule has 2 heterocycles. The molecule has 0 aromatic carbocycles. The van der Waals surface area contributed by atoms with Crippen molar-refractivity contribution < 1.29 is 14.3 Å². The maximum Gasteiger partial charge on any atom is 0.309 e. The van der Waals surface area contributed by atoms with Gasteiger partial charge in [0.15, 0.2) is 0 Å². The van der Waals surface area contributed by atoms with E-state index in [1.165, 1.54) is 0 Å². The van der Waals surface area contributed by atoms with Crippen LogP contribution in [-0.4, -0.2) is 41.5 Å². The van der Waals surface area contributed by atoms with Crippen molar-refractivity contribution >= 4 is 11.9 Å². The lowest BCUT2D eigenvalue weighted by Crippen LogP contribution is -2.41. The minimum Gasteiger partial charge on any atom is -0.466 e. The van der Waals surface area contributed by atoms with Crippen molar-refractivity contribution in [3.63, 3.8) is 0 Å². The van der Waals surface area contributed by atoms with Gasteiger partial charge in [-0.15, -0.1) is 0 Å². The Balaban J connectivity index is 1.93. The highest BCUT2D eigenvalue weighted by molar-refractivity contribution is 5.92. The summed E-state index contributed by atoms with van der Waals surface area (Å²) in [7, 11) is 0. The molecule has 0 atom stereocenters. The topological polar surface area (TPSA) is 59.5 Å². The number of amides is 1. The molecular formula is C15H20N2O3. The SMILES string of the molecule is CCOC(=O)C1CCN(C(=O)c2cccc(C)n2)CC1. The van der Waals surface area contributed by atoms with Crippen LogP contribution >= 0.6 is 0 Å². The molecule has 0 unspecified atom stereocenters. The average Bonchev–Trinajstić information content (AvgIpc) is 2.47. The Morgan fingerprint density at radius 3 is 2.65 bits per heavy atom. The summed E-state index contributed by atoms with van der Waals surface area (Å²) in [6, 6.07) is 5.43. The number of esters is 1. The van der Waals surface area contributed by atoms with E-state index in [1.807, 2.05) is 19.1 Å². The zero-order chi connectivity index (χ0) is 14.5. The molecule has 1 aromatic rings. The van der Waals surface area contributed by atoms with Crippen LogP contribution in [0.2, 0.25) is 0 Å². The molecule has 0 N–H and O–H groups in total. The Bertz CT molecular complexity index is 494. The largest absolute Gasteiger partial charge is 0.466 e. The van der Waals surface area contributed by atoms with E-state index in [4.69, 9.17) is 4.74 Å². The maximum absolute atomic E-state index is 12.3. The summed E-state index contributed by atoms with van der Waals surface area (Å²) in [5.41, 5.74) is 1.30. The molecule has 108 valence electrons. The van der Waals surface area contributed by atoms with E-state index in [2.05, 4.69) is 4.98 Å². The highest BCUT2D eigenvalue weighted by Gasteiger charge is 2.28. The minimum absolute atomic E-state index is 0.0593. The predicted molar refractivity (Wildman–Crippen MR) is 74.2 cm³/mol. The van der Waals surface area contributed by atoms with Gasteiger partial charge in [0.25, 0.3) is 5.91 Å². The molecule has 2 rings (SSSR count). The molecule has 5 heteroatoms. The van der Waals surface area contributed by atoms with Crippen molar-refractivity contribution in [3.8, 4) is 0 Å². The first-order valence-electron chi connectivity index (χ1n) is 7.01. The number of likely N-dealkylation sites (tertiary alicyclic amines) is 1. The molecule has 1 aliphatic heterocycles. The minimum atomic E-state index is -0.145. The fraction of sp³-hybridized carbons (Fsp3) is 0.533. The Kier molecular flexibility index (Phi) is 4.71. The summed E-state index contributed by atoms with van der Waals surface area (Å²) in [6.07, 6.45) is 1.33. The number of aryl methyl sites for hydroxylation is 1. The van der Waals surface area contributed by atoms with E-state index < -0.39 is 0 Å². The third kappa shape index (κ3) is 3.35. The number of rotatable bonds is 3. The molecule has 1 aromatic heterocycles. The monoisotopic (exact) mass is 276 g/mol. The highest BCUT2D eigenvalue weighted by atomic mass is 16.5. The second-order valence-electron chi connectivity index (χ2n) is 4.98. The van der Waals surface area contributed by atoms with Gasteiger partial charge in [0.2, 0.25) is 0 Å². The van der Waals surface area contributed by atoms with Crippen LogP contribution in [0.3, 0.4) is 0 Å². The van der Waals surface area contributed by atoms with E-state index in [9.17, 15) is 9.59 Å². The summed E-state index contributed by atoms with van der Waals surface area (Å²) in [4.78, 5) is 30.0. The van der Waals surface area contributed by atoms with E-state index in [0.29, 0.717) is 38.2 Å². The Hall–Kier alpha value is -1.91. The first-order chi connectivity index (χ1) is 9.61. The first-order valence-corrected chi connectivity index (χ1v) is 7.01. The van der Waals surface area contributed by atoms with Gasteiger partial charge in [0.1, 0.15) is 5.69 Å². The normalized spacial score (nSPS) is 16.0. The third-order valence-electron chi connectivity index (χ3n) is 3.51. The standard InChI is InChI=1S/C15H20N2O3/c1-3-20-15(19)12-7-9-17(10-8-12)14(18)13-6-4-5-11(2)16-13/h4-6,12H,3,7-10H2,1-2H3. The zero-order valence-electron chi connectivity index (χ0n) is 12.0. The molecule has 1 fully saturated rings. The van der Waals surface area contributed by atoms with E-state index in [1.54, 1.807) is 17.9 Å². The van der Waals surface area contributed by atoms with Crippen LogP contribution in [0.25, 0.3) is 0 Å². The van der Waals surface area contributed by atoms with Crippen molar-refractivity contribution in [1.29, 1.82) is 0 Å². The number of aromatic nitrogens is 1. The van der Waals surface area contributed by atoms with E-state index in [0.717, 1.165) is 5.69 Å². The van der Waals surface area contributed by atoms with Gasteiger partial charge < -0.3 is 9.64 Å². The van der Waals surface area contributed by atoms with Crippen molar-refractivity contribution in [1.82, 2.24) is 9.88 Å². The summed E-state index contributed by atoms with van der Waals surface area (Å²) < 4.78 is 5.02. The Labute approximate surface area is 118 Å². The number of hydrogen-bond donors (Lipinski definition) is 0. The van der Waals surface area contributed by atoms with Gasteiger partial charge in [-0.3, -0.25) is 9.59 Å². The number of hydrogen-bond acceptors (Lipinski definition) is 4. The van der Waals surface area contributed by atoms with Crippen molar-refractivity contribution in [3.05, 3.63) is 29.6 Å². The quantitative estimate of drug-likeness (QED) is 0.790. The second kappa shape index (κ2) is 6.50. The smallest absolute Gasteiger partial charge is 0.309 e. The van der Waals surface area contributed by atoms with Crippen molar-refractivity contribution in [2.75, 3.05) is 19.7 Å².